The van der Waals surface area contributed by atoms with Crippen molar-refractivity contribution in [1.82, 2.24) is 4.90 Å². The normalized spacial score (nSPS) is 28.6. The number of fused-ring (bicyclic) bond motifs is 5. The van der Waals surface area contributed by atoms with Crippen molar-refractivity contribution in [1.29, 1.82) is 0 Å². The highest BCUT2D eigenvalue weighted by atomic mass is 16.5. The summed E-state index contributed by atoms with van der Waals surface area (Å²) >= 11 is 0. The van der Waals surface area contributed by atoms with Gasteiger partial charge in [0.25, 0.3) is 0 Å². The van der Waals surface area contributed by atoms with E-state index in [9.17, 15) is 0 Å². The van der Waals surface area contributed by atoms with E-state index in [1.54, 1.807) is 0 Å². The highest BCUT2D eigenvalue weighted by Crippen LogP contribution is 2.69. The Morgan fingerprint density at radius 2 is 0.917 bits per heavy atom. The molecule has 7 heteroatoms. The average molecular weight is 1010 g/mol. The molecule has 0 aromatic rings. The van der Waals surface area contributed by atoms with Gasteiger partial charge in [-0.05, 0) is 170 Å². The number of hydrogen-bond donors (Lipinski definition) is 3. The van der Waals surface area contributed by atoms with E-state index in [0.29, 0.717) is 78.9 Å². The van der Waals surface area contributed by atoms with E-state index in [4.69, 9.17) is 31.4 Å². The summed E-state index contributed by atoms with van der Waals surface area (Å²) in [6.07, 6.45) is 55.3. The number of nitrogens with zero attached hydrogens (tertiary/aromatic N) is 1. The van der Waals surface area contributed by atoms with Crippen LogP contribution in [0.15, 0.2) is 0 Å². The Labute approximate surface area is 449 Å². The van der Waals surface area contributed by atoms with E-state index in [1.165, 1.54) is 251 Å². The molecule has 4 rings (SSSR count). The lowest BCUT2D eigenvalue weighted by Gasteiger charge is -2.65. The molecule has 0 amide bonds. The highest BCUT2D eigenvalue weighted by Gasteiger charge is 2.66. The van der Waals surface area contributed by atoms with Gasteiger partial charge < -0.3 is 36.3 Å². The van der Waals surface area contributed by atoms with Crippen molar-refractivity contribution in [3.63, 3.8) is 0 Å². The maximum atomic E-state index is 7.21. The van der Waals surface area contributed by atoms with Gasteiger partial charge in [0.15, 0.2) is 0 Å². The fraction of sp³-hybridized carbons (Fsp3) is 1.00. The number of unbranched alkanes of at least 4 members (excludes halogenated alkanes) is 26. The van der Waals surface area contributed by atoms with Crippen molar-refractivity contribution < 1.29 is 14.2 Å². The topological polar surface area (TPSA) is 109 Å². The third-order valence-electron chi connectivity index (χ3n) is 20.3. The van der Waals surface area contributed by atoms with Crippen LogP contribution in [-0.2, 0) is 14.2 Å². The average Bonchev–Trinajstić information content (AvgIpc) is 3.74. The molecule has 6 N–H and O–H groups in total. The molecule has 7 nitrogen and oxygen atoms in total. The number of nitrogens with two attached hydrogens (primary N) is 3. The van der Waals surface area contributed by atoms with Crippen LogP contribution < -0.4 is 17.2 Å². The molecule has 0 aromatic heterocycles. The zero-order valence-corrected chi connectivity index (χ0v) is 49.2. The van der Waals surface area contributed by atoms with Crippen molar-refractivity contribution in [3.8, 4) is 0 Å². The van der Waals surface area contributed by atoms with E-state index < -0.39 is 0 Å². The summed E-state index contributed by atoms with van der Waals surface area (Å²) in [5, 5.41) is 0. The first-order valence-electron chi connectivity index (χ1n) is 33.0. The number of hydrogen-bond acceptors (Lipinski definition) is 7. The maximum absolute atomic E-state index is 7.21. The second kappa shape index (κ2) is 39.1. The van der Waals surface area contributed by atoms with Crippen LogP contribution in [0.4, 0.5) is 0 Å². The summed E-state index contributed by atoms with van der Waals surface area (Å²) in [6, 6.07) is 0. The molecule has 4 saturated carbocycles. The predicted octanol–water partition coefficient (Wildman–Crippen LogP) is 16.7. The largest absolute Gasteiger partial charge is 0.378 e. The first-order valence-corrected chi connectivity index (χ1v) is 33.0. The first kappa shape index (κ1) is 64.2. The van der Waals surface area contributed by atoms with Gasteiger partial charge in [0.05, 0.1) is 18.3 Å². The zero-order chi connectivity index (χ0) is 51.5. The van der Waals surface area contributed by atoms with Crippen molar-refractivity contribution in [3.05, 3.63) is 0 Å². The molecule has 4 aliphatic carbocycles. The molecule has 0 aromatic carbocycles. The van der Waals surface area contributed by atoms with Gasteiger partial charge in [-0.25, -0.2) is 0 Å². The Hall–Kier alpha value is -0.280. The molecule has 72 heavy (non-hydrogen) atoms. The Morgan fingerprint density at radius 3 is 1.40 bits per heavy atom. The van der Waals surface area contributed by atoms with Gasteiger partial charge in [0.1, 0.15) is 0 Å². The van der Waals surface area contributed by atoms with Crippen LogP contribution >= 0.6 is 0 Å². The highest BCUT2D eigenvalue weighted by molar-refractivity contribution is 5.15. The quantitative estimate of drug-likeness (QED) is 0.0521. The third kappa shape index (κ3) is 22.2. The molecule has 4 fully saturated rings. The van der Waals surface area contributed by atoms with Crippen LogP contribution in [0.3, 0.4) is 0 Å². The zero-order valence-electron chi connectivity index (χ0n) is 49.2. The second-order valence-electron chi connectivity index (χ2n) is 25.6. The summed E-state index contributed by atoms with van der Waals surface area (Å²) in [5.41, 5.74) is 18.6. The minimum absolute atomic E-state index is 0.165. The van der Waals surface area contributed by atoms with Crippen LogP contribution in [0.5, 0.6) is 0 Å². The summed E-state index contributed by atoms with van der Waals surface area (Å²) in [7, 11) is 0. The van der Waals surface area contributed by atoms with E-state index in [1.807, 2.05) is 0 Å². The summed E-state index contributed by atoms with van der Waals surface area (Å²) in [5.74, 6) is 3.88. The molecular formula is C65H128N4O3. The van der Waals surface area contributed by atoms with Crippen molar-refractivity contribution >= 4 is 0 Å². The Kier molecular flexibility index (Phi) is 34.9. The minimum atomic E-state index is 0.165. The van der Waals surface area contributed by atoms with Gasteiger partial charge >= 0.3 is 0 Å². The Balaban J connectivity index is 1.32. The van der Waals surface area contributed by atoms with Crippen LogP contribution in [0.1, 0.15) is 291 Å². The van der Waals surface area contributed by atoms with E-state index in [2.05, 4.69) is 39.5 Å². The van der Waals surface area contributed by atoms with Crippen LogP contribution in [0, 0.1) is 46.3 Å². The molecular weight excluding hydrogens is 885 g/mol. The SMILES string of the molecule is CCCCCCCCCCCCCCCCN(CCCCCCCCCCCCCCCC)CCCC(C)C1CC[C@H]2C3[C@H](OCCCN)CC4C[C@H](OCCCN)CCC4(C)[C@H]3C[C@H](OCCCN)C12C. The molecule has 11 atom stereocenters. The first-order chi connectivity index (χ1) is 35.3. The smallest absolute Gasteiger partial charge is 0.0637 e. The van der Waals surface area contributed by atoms with Gasteiger partial charge in [-0.2, -0.15) is 0 Å². The second-order valence-corrected chi connectivity index (χ2v) is 25.6. The monoisotopic (exact) mass is 1010 g/mol. The van der Waals surface area contributed by atoms with Crippen molar-refractivity contribution in [2.24, 2.45) is 63.5 Å². The van der Waals surface area contributed by atoms with Gasteiger partial charge in [-0.15, -0.1) is 0 Å². The molecule has 0 heterocycles. The summed E-state index contributed by atoms with van der Waals surface area (Å²) < 4.78 is 20.8. The Bertz CT molecular complexity index is 1240. The van der Waals surface area contributed by atoms with Crippen LogP contribution in [-0.4, -0.2) is 82.3 Å². The van der Waals surface area contributed by atoms with Crippen LogP contribution in [0.25, 0.3) is 0 Å². The fourth-order valence-corrected chi connectivity index (χ4v) is 15.8. The molecule has 4 aliphatic rings. The molecule has 0 bridgehead atoms. The lowest BCUT2D eigenvalue weighted by atomic mass is 9.43. The molecule has 0 spiro atoms. The third-order valence-corrected chi connectivity index (χ3v) is 20.3. The number of rotatable bonds is 47. The lowest BCUT2D eigenvalue weighted by molar-refractivity contribution is -0.227. The van der Waals surface area contributed by atoms with E-state index in [0.717, 1.165) is 45.5 Å². The molecule has 0 aliphatic heterocycles. The molecule has 6 unspecified atom stereocenters. The Morgan fingerprint density at radius 1 is 0.472 bits per heavy atom. The van der Waals surface area contributed by atoms with E-state index >= 15 is 0 Å². The number of ether oxygens (including phenoxy) is 3. The van der Waals surface area contributed by atoms with Gasteiger partial charge in [-0.1, -0.05) is 202 Å². The minimum Gasteiger partial charge on any atom is -0.378 e. The van der Waals surface area contributed by atoms with Crippen molar-refractivity contribution in [2.45, 2.75) is 310 Å². The van der Waals surface area contributed by atoms with E-state index in [-0.39, 0.29) is 5.41 Å². The lowest BCUT2D eigenvalue weighted by Crippen LogP contribution is -2.63. The molecule has 0 saturated heterocycles. The fourth-order valence-electron chi connectivity index (χ4n) is 15.8. The summed E-state index contributed by atoms with van der Waals surface area (Å²) in [6.45, 7) is 21.1. The molecule has 426 valence electrons. The van der Waals surface area contributed by atoms with Gasteiger partial charge in [0.2, 0.25) is 0 Å². The standard InChI is InChI=1S/C65H128N4O3/c1-6-8-10-12-14-16-18-20-22-24-26-28-30-32-46-69(47-33-31-29-27-25-23-21-19-17-15-13-11-9-7-2)48-34-38-55(3)58-39-40-59-63-60(54-62(65(58,59)5)72-51-37-45-68)64(4)42-41-57(70-49-35-43-66)52-56(64)53-61(63)71-50-36-44-67/h55-63H,6-54,66-68H2,1-5H3/t55?,56?,57-,58?,59+,60+,61-,62+,63?,64?,65?/m1/s1. The van der Waals surface area contributed by atoms with Gasteiger partial charge in [-0.3, -0.25) is 0 Å². The van der Waals surface area contributed by atoms with Crippen molar-refractivity contribution in [2.75, 3.05) is 59.1 Å². The van der Waals surface area contributed by atoms with Crippen LogP contribution in [0.2, 0.25) is 0 Å². The van der Waals surface area contributed by atoms with Gasteiger partial charge in [0, 0.05) is 25.2 Å². The summed E-state index contributed by atoms with van der Waals surface area (Å²) in [4.78, 5) is 2.91. The molecule has 0 radical (unpaired) electrons. The predicted molar refractivity (Wildman–Crippen MR) is 312 cm³/mol. The maximum Gasteiger partial charge on any atom is 0.0637 e.